The van der Waals surface area contributed by atoms with Gasteiger partial charge >= 0.3 is 12.1 Å². The van der Waals surface area contributed by atoms with Gasteiger partial charge < -0.3 is 19.4 Å². The molecule has 3 rings (SSSR count). The highest BCUT2D eigenvalue weighted by Crippen LogP contribution is 2.34. The third-order valence-corrected chi connectivity index (χ3v) is 5.00. The lowest BCUT2D eigenvalue weighted by molar-refractivity contribution is 0.0285. The van der Waals surface area contributed by atoms with Crippen LogP contribution in [0.25, 0.3) is 22.2 Å². The van der Waals surface area contributed by atoms with Gasteiger partial charge in [-0.3, -0.25) is 0 Å². The summed E-state index contributed by atoms with van der Waals surface area (Å²) < 4.78 is 24.3. The lowest BCUT2D eigenvalue weighted by Crippen LogP contribution is -2.33. The molecule has 0 saturated heterocycles. The molecular formula is C25H26FN3O4. The monoisotopic (exact) mass is 451 g/mol. The molecule has 0 aliphatic carbocycles. The van der Waals surface area contributed by atoms with Crippen LogP contribution in [0, 0.1) is 17.1 Å². The molecular weight excluding hydrogens is 425 g/mol. The molecule has 1 heterocycles. The summed E-state index contributed by atoms with van der Waals surface area (Å²) in [6.07, 6.45) is -0.399. The van der Waals surface area contributed by atoms with E-state index in [1.165, 1.54) is 18.1 Å². The zero-order valence-corrected chi connectivity index (χ0v) is 19.3. The molecule has 0 atom stereocenters. The summed E-state index contributed by atoms with van der Waals surface area (Å²) in [6.45, 7) is 5.78. The van der Waals surface area contributed by atoms with Crippen molar-refractivity contribution in [2.24, 2.45) is 0 Å². The summed E-state index contributed by atoms with van der Waals surface area (Å²) in [4.78, 5) is 29.1. The van der Waals surface area contributed by atoms with E-state index < -0.39 is 23.5 Å². The van der Waals surface area contributed by atoms with Crippen molar-refractivity contribution in [3.05, 3.63) is 58.9 Å². The van der Waals surface area contributed by atoms with Crippen LogP contribution in [0.2, 0.25) is 0 Å². The van der Waals surface area contributed by atoms with Crippen LogP contribution in [0.3, 0.4) is 0 Å². The number of esters is 1. The predicted octanol–water partition coefficient (Wildman–Crippen LogP) is 5.19. The Kier molecular flexibility index (Phi) is 6.73. The number of benzene rings is 2. The van der Waals surface area contributed by atoms with E-state index in [1.807, 2.05) is 45.0 Å². The van der Waals surface area contributed by atoms with E-state index in [-0.39, 0.29) is 12.0 Å². The SMILES string of the molecule is COC(=O)c1cc(F)cc2[nH]c(-c3ccc(CN(C)C(=O)OC(C)(C)C)cc3)c(CC#N)c12. The largest absolute Gasteiger partial charge is 0.465 e. The molecule has 7 nitrogen and oxygen atoms in total. The molecule has 3 aromatic rings. The molecule has 0 bridgehead atoms. The maximum Gasteiger partial charge on any atom is 0.410 e. The Labute approximate surface area is 191 Å². The number of fused-ring (bicyclic) bond motifs is 1. The zero-order chi connectivity index (χ0) is 24.3. The molecule has 0 spiro atoms. The van der Waals surface area contributed by atoms with Gasteiger partial charge in [0, 0.05) is 30.1 Å². The van der Waals surface area contributed by atoms with Gasteiger partial charge in [0.15, 0.2) is 0 Å². The average Bonchev–Trinajstić information content (AvgIpc) is 3.10. The minimum atomic E-state index is -0.676. The number of H-pyrrole nitrogens is 1. The molecule has 1 aromatic heterocycles. The van der Waals surface area contributed by atoms with Gasteiger partial charge in [-0.25, -0.2) is 14.0 Å². The van der Waals surface area contributed by atoms with E-state index in [9.17, 15) is 19.2 Å². The van der Waals surface area contributed by atoms with Crippen LogP contribution in [0.15, 0.2) is 36.4 Å². The molecule has 0 radical (unpaired) electrons. The van der Waals surface area contributed by atoms with Crippen LogP contribution < -0.4 is 0 Å². The Morgan fingerprint density at radius 1 is 1.18 bits per heavy atom. The number of hydrogen-bond donors (Lipinski definition) is 1. The zero-order valence-electron chi connectivity index (χ0n) is 19.3. The number of nitriles is 1. The topological polar surface area (TPSA) is 95.4 Å². The number of carbonyl (C=O) groups excluding carboxylic acids is 2. The van der Waals surface area contributed by atoms with Crippen molar-refractivity contribution in [2.75, 3.05) is 14.2 Å². The highest BCUT2D eigenvalue weighted by Gasteiger charge is 2.22. The minimum absolute atomic E-state index is 0.0219. The van der Waals surface area contributed by atoms with Crippen LogP contribution in [0.5, 0.6) is 0 Å². The molecule has 0 aliphatic heterocycles. The number of aromatic nitrogens is 1. The van der Waals surface area contributed by atoms with E-state index >= 15 is 0 Å². The van der Waals surface area contributed by atoms with Crippen molar-refractivity contribution in [2.45, 2.75) is 39.3 Å². The quantitative estimate of drug-likeness (QED) is 0.539. The molecule has 1 amide bonds. The van der Waals surface area contributed by atoms with Gasteiger partial charge in [0.2, 0.25) is 0 Å². The molecule has 0 aliphatic rings. The first-order chi connectivity index (χ1) is 15.5. The standard InChI is InChI=1S/C25H26FN3O4/c1-25(2,3)33-24(31)29(4)14-15-6-8-16(9-7-15)22-18(10-11-27)21-19(23(30)32-5)12-17(26)13-20(21)28-22/h6-9,12-13,28H,10,14H2,1-5H3. The summed E-state index contributed by atoms with van der Waals surface area (Å²) >= 11 is 0. The first-order valence-corrected chi connectivity index (χ1v) is 10.4. The number of halogens is 1. The highest BCUT2D eigenvalue weighted by molar-refractivity contribution is 6.07. The smallest absolute Gasteiger partial charge is 0.410 e. The lowest BCUT2D eigenvalue weighted by Gasteiger charge is -2.24. The second-order valence-corrected chi connectivity index (χ2v) is 8.71. The Balaban J connectivity index is 1.97. The maximum atomic E-state index is 14.1. The van der Waals surface area contributed by atoms with Gasteiger partial charge in [-0.1, -0.05) is 24.3 Å². The van der Waals surface area contributed by atoms with E-state index in [1.54, 1.807) is 7.05 Å². The second-order valence-electron chi connectivity index (χ2n) is 8.71. The van der Waals surface area contributed by atoms with Gasteiger partial charge in [0.1, 0.15) is 11.4 Å². The minimum Gasteiger partial charge on any atom is -0.465 e. The number of hydrogen-bond acceptors (Lipinski definition) is 5. The number of rotatable bonds is 5. The normalized spacial score (nSPS) is 11.2. The Hall–Kier alpha value is -3.86. The highest BCUT2D eigenvalue weighted by atomic mass is 19.1. The molecule has 8 heteroatoms. The molecule has 0 saturated carbocycles. The fourth-order valence-electron chi connectivity index (χ4n) is 3.59. The number of carbonyl (C=O) groups is 2. The van der Waals surface area contributed by atoms with E-state index in [0.717, 1.165) is 17.2 Å². The van der Waals surface area contributed by atoms with Gasteiger partial charge in [-0.2, -0.15) is 5.26 Å². The van der Waals surface area contributed by atoms with Crippen molar-refractivity contribution in [1.82, 2.24) is 9.88 Å². The van der Waals surface area contributed by atoms with E-state index in [0.29, 0.717) is 28.7 Å². The molecule has 172 valence electrons. The summed E-state index contributed by atoms with van der Waals surface area (Å²) in [5, 5.41) is 9.85. The number of nitrogens with zero attached hydrogens (tertiary/aromatic N) is 2. The first kappa shape index (κ1) is 23.8. The van der Waals surface area contributed by atoms with E-state index in [4.69, 9.17) is 9.47 Å². The fourth-order valence-corrected chi connectivity index (χ4v) is 3.59. The summed E-state index contributed by atoms with van der Waals surface area (Å²) in [7, 11) is 2.89. The van der Waals surface area contributed by atoms with Crippen molar-refractivity contribution >= 4 is 23.0 Å². The van der Waals surface area contributed by atoms with Crippen LogP contribution >= 0.6 is 0 Å². The van der Waals surface area contributed by atoms with Crippen LogP contribution in [0.1, 0.15) is 42.3 Å². The molecule has 2 aromatic carbocycles. The van der Waals surface area contributed by atoms with Gasteiger partial charge in [-0.05, 0) is 44.0 Å². The fraction of sp³-hybridized carbons (Fsp3) is 0.320. The first-order valence-electron chi connectivity index (χ1n) is 10.4. The third kappa shape index (κ3) is 5.32. The number of aromatic amines is 1. The number of ether oxygens (including phenoxy) is 2. The Morgan fingerprint density at radius 2 is 1.85 bits per heavy atom. The van der Waals surface area contributed by atoms with Gasteiger partial charge in [-0.15, -0.1) is 0 Å². The molecule has 0 unspecified atom stereocenters. The average molecular weight is 451 g/mol. The molecule has 1 N–H and O–H groups in total. The molecule has 0 fully saturated rings. The Bertz CT molecular complexity index is 1230. The van der Waals surface area contributed by atoms with Crippen molar-refractivity contribution < 1.29 is 23.5 Å². The van der Waals surface area contributed by atoms with Crippen LogP contribution in [-0.2, 0) is 22.4 Å². The summed E-state index contributed by atoms with van der Waals surface area (Å²) in [5.41, 5.74) is 2.74. The lowest BCUT2D eigenvalue weighted by atomic mass is 9.99. The van der Waals surface area contributed by atoms with Gasteiger partial charge in [0.25, 0.3) is 0 Å². The second kappa shape index (κ2) is 9.33. The van der Waals surface area contributed by atoms with Crippen molar-refractivity contribution in [3.63, 3.8) is 0 Å². The van der Waals surface area contributed by atoms with E-state index in [2.05, 4.69) is 11.1 Å². The maximum absolute atomic E-state index is 14.1. The number of amides is 1. The van der Waals surface area contributed by atoms with Gasteiger partial charge in [0.05, 0.1) is 30.9 Å². The number of nitrogens with one attached hydrogen (secondary N) is 1. The number of methoxy groups -OCH3 is 1. The third-order valence-electron chi connectivity index (χ3n) is 5.00. The van der Waals surface area contributed by atoms with Crippen LogP contribution in [0.4, 0.5) is 9.18 Å². The molecule has 33 heavy (non-hydrogen) atoms. The van der Waals surface area contributed by atoms with Crippen molar-refractivity contribution in [1.29, 1.82) is 5.26 Å². The summed E-state index contributed by atoms with van der Waals surface area (Å²) in [6, 6.07) is 11.9. The van der Waals surface area contributed by atoms with Crippen LogP contribution in [-0.4, -0.2) is 41.7 Å². The van der Waals surface area contributed by atoms with Crippen molar-refractivity contribution in [3.8, 4) is 17.3 Å². The predicted molar refractivity (Wildman–Crippen MR) is 122 cm³/mol. The summed E-state index contributed by atoms with van der Waals surface area (Å²) in [5.74, 6) is -1.26. The Morgan fingerprint density at radius 3 is 2.42 bits per heavy atom.